The van der Waals surface area contributed by atoms with Gasteiger partial charge in [-0.05, 0) is 76.8 Å². The highest BCUT2D eigenvalue weighted by Crippen LogP contribution is 2.49. The van der Waals surface area contributed by atoms with Crippen molar-refractivity contribution in [3.05, 3.63) is 12.3 Å². The Bertz CT molecular complexity index is 184. The number of nitrogens with zero attached hydrogens (tertiary/aromatic N) is 1. The molecule has 4 fully saturated rings. The third-order valence-electron chi connectivity index (χ3n) is 4.71. The number of hydrogen-bond donors (Lipinski definition) is 0. The number of hydrogen-bond acceptors (Lipinski definition) is 1. The van der Waals surface area contributed by atoms with Crippen LogP contribution >= 0.6 is 0 Å². The van der Waals surface area contributed by atoms with E-state index in [2.05, 4.69) is 11.3 Å². The largest absolute Gasteiger partial charge is 0.298 e. The van der Waals surface area contributed by atoms with Crippen LogP contribution in [0.5, 0.6) is 0 Å². The van der Waals surface area contributed by atoms with Gasteiger partial charge in [0, 0.05) is 5.54 Å². The lowest BCUT2D eigenvalue weighted by atomic mass is 9.64. The van der Waals surface area contributed by atoms with Crippen molar-refractivity contribution >= 4 is 0 Å². The predicted molar refractivity (Wildman–Crippen MR) is 58.8 cm³/mol. The Morgan fingerprint density at radius 2 is 1.50 bits per heavy atom. The van der Waals surface area contributed by atoms with Crippen molar-refractivity contribution in [2.75, 3.05) is 13.1 Å². The van der Waals surface area contributed by atoms with Gasteiger partial charge in [-0.25, -0.2) is 0 Å². The van der Waals surface area contributed by atoms with E-state index in [4.69, 9.17) is 0 Å². The topological polar surface area (TPSA) is 3.24 Å². The van der Waals surface area contributed by atoms with Gasteiger partial charge < -0.3 is 0 Å². The SMILES string of the molecule is [CH]1CCN(C23CC[C](CC2)CC3)CC1. The first kappa shape index (κ1) is 9.21. The fourth-order valence-electron chi connectivity index (χ4n) is 3.68. The van der Waals surface area contributed by atoms with Crippen molar-refractivity contribution < 1.29 is 0 Å². The van der Waals surface area contributed by atoms with Crippen molar-refractivity contribution in [1.82, 2.24) is 4.90 Å². The Morgan fingerprint density at radius 3 is 2.07 bits per heavy atom. The minimum absolute atomic E-state index is 0.649. The van der Waals surface area contributed by atoms with E-state index in [1.54, 1.807) is 0 Å². The van der Waals surface area contributed by atoms with Crippen molar-refractivity contribution in [2.45, 2.75) is 56.9 Å². The third kappa shape index (κ3) is 1.41. The smallest absolute Gasteiger partial charge is 0.0210 e. The maximum absolute atomic E-state index is 2.82. The zero-order chi connectivity index (χ0) is 9.43. The summed E-state index contributed by atoms with van der Waals surface area (Å²) in [4.78, 5) is 2.82. The van der Waals surface area contributed by atoms with Crippen LogP contribution in [-0.2, 0) is 0 Å². The third-order valence-corrected chi connectivity index (χ3v) is 4.71. The highest BCUT2D eigenvalue weighted by molar-refractivity contribution is 5.11. The van der Waals surface area contributed by atoms with Crippen molar-refractivity contribution in [1.29, 1.82) is 0 Å². The maximum Gasteiger partial charge on any atom is 0.0210 e. The molecule has 1 nitrogen and oxygen atoms in total. The van der Waals surface area contributed by atoms with Crippen LogP contribution in [0, 0.1) is 12.3 Å². The van der Waals surface area contributed by atoms with Gasteiger partial charge in [-0.1, -0.05) is 0 Å². The minimum Gasteiger partial charge on any atom is -0.298 e. The number of fused-ring (bicyclic) bond motifs is 3. The van der Waals surface area contributed by atoms with Gasteiger partial charge in [-0.2, -0.15) is 0 Å². The summed E-state index contributed by atoms with van der Waals surface area (Å²) >= 11 is 0. The summed E-state index contributed by atoms with van der Waals surface area (Å²) in [5, 5.41) is 0. The van der Waals surface area contributed by atoms with E-state index in [1.807, 2.05) is 5.92 Å². The molecule has 14 heavy (non-hydrogen) atoms. The molecule has 4 rings (SSSR count). The van der Waals surface area contributed by atoms with E-state index in [0.29, 0.717) is 5.54 Å². The van der Waals surface area contributed by atoms with Crippen LogP contribution in [0.25, 0.3) is 0 Å². The molecule has 1 heteroatoms. The molecule has 0 unspecified atom stereocenters. The summed E-state index contributed by atoms with van der Waals surface area (Å²) in [6, 6.07) is 0. The molecule has 0 aromatic rings. The van der Waals surface area contributed by atoms with E-state index in [-0.39, 0.29) is 0 Å². The Balaban J connectivity index is 1.73. The molecule has 3 saturated carbocycles. The quantitative estimate of drug-likeness (QED) is 0.616. The molecule has 0 aromatic carbocycles. The molecule has 1 aliphatic heterocycles. The van der Waals surface area contributed by atoms with Gasteiger partial charge >= 0.3 is 0 Å². The summed E-state index contributed by atoms with van der Waals surface area (Å²) in [5.74, 6) is 1.87. The van der Waals surface area contributed by atoms with Gasteiger partial charge in [-0.15, -0.1) is 0 Å². The summed E-state index contributed by atoms with van der Waals surface area (Å²) in [6.45, 7) is 2.69. The highest BCUT2D eigenvalue weighted by Gasteiger charge is 2.44. The Hall–Kier alpha value is -0.0400. The van der Waals surface area contributed by atoms with Gasteiger partial charge in [0.05, 0.1) is 0 Å². The zero-order valence-corrected chi connectivity index (χ0v) is 9.10. The molecule has 3 aliphatic carbocycles. The number of likely N-dealkylation sites (tertiary alicyclic amines) is 1. The second-order valence-corrected chi connectivity index (χ2v) is 5.33. The lowest BCUT2D eigenvalue weighted by Crippen LogP contribution is -2.55. The number of piperidine rings is 1. The van der Waals surface area contributed by atoms with Crippen LogP contribution in [-0.4, -0.2) is 23.5 Å². The summed E-state index contributed by atoms with van der Waals surface area (Å²) in [6.07, 6.45) is 13.9. The summed E-state index contributed by atoms with van der Waals surface area (Å²) in [5.41, 5.74) is 0.649. The van der Waals surface area contributed by atoms with Crippen LogP contribution in [0.15, 0.2) is 0 Å². The molecule has 0 aromatic heterocycles. The second-order valence-electron chi connectivity index (χ2n) is 5.33. The van der Waals surface area contributed by atoms with Gasteiger partial charge in [0.1, 0.15) is 0 Å². The Morgan fingerprint density at radius 1 is 0.929 bits per heavy atom. The molecular weight excluding hydrogens is 170 g/mol. The van der Waals surface area contributed by atoms with E-state index < -0.39 is 0 Å². The van der Waals surface area contributed by atoms with E-state index in [9.17, 15) is 0 Å². The molecule has 1 saturated heterocycles. The van der Waals surface area contributed by atoms with Gasteiger partial charge in [0.15, 0.2) is 0 Å². The summed E-state index contributed by atoms with van der Waals surface area (Å²) < 4.78 is 0. The molecule has 0 spiro atoms. The van der Waals surface area contributed by atoms with Gasteiger partial charge in [0.2, 0.25) is 0 Å². The van der Waals surface area contributed by atoms with Crippen molar-refractivity contribution in [3.8, 4) is 0 Å². The average Bonchev–Trinajstić information content (AvgIpc) is 2.33. The molecule has 78 valence electrons. The van der Waals surface area contributed by atoms with Crippen LogP contribution < -0.4 is 0 Å². The highest BCUT2D eigenvalue weighted by atomic mass is 15.2. The fourth-order valence-corrected chi connectivity index (χ4v) is 3.68. The molecule has 4 aliphatic rings. The standard InChI is InChI=1S/C13H21N/c1-2-10-14(11-3-1)13-7-4-12(5-8-13)6-9-13/h1H,2-11H2. The van der Waals surface area contributed by atoms with E-state index >= 15 is 0 Å². The van der Waals surface area contributed by atoms with Gasteiger partial charge in [-0.3, -0.25) is 4.90 Å². The van der Waals surface area contributed by atoms with E-state index in [0.717, 1.165) is 0 Å². The maximum atomic E-state index is 2.82. The molecule has 0 atom stereocenters. The van der Waals surface area contributed by atoms with Gasteiger partial charge in [0.25, 0.3) is 0 Å². The monoisotopic (exact) mass is 191 g/mol. The van der Waals surface area contributed by atoms with Crippen LogP contribution in [0.3, 0.4) is 0 Å². The Kier molecular flexibility index (Phi) is 2.31. The molecule has 1 heterocycles. The fraction of sp³-hybridized carbons (Fsp3) is 0.846. The normalized spacial score (nSPS) is 33.4. The zero-order valence-electron chi connectivity index (χ0n) is 9.10. The average molecular weight is 191 g/mol. The Labute approximate surface area is 87.9 Å². The molecule has 0 N–H and O–H groups in total. The summed E-state index contributed by atoms with van der Waals surface area (Å²) in [7, 11) is 0. The second kappa shape index (κ2) is 3.52. The van der Waals surface area contributed by atoms with Crippen LogP contribution in [0.2, 0.25) is 0 Å². The molecule has 2 bridgehead atoms. The molecule has 2 radical (unpaired) electrons. The van der Waals surface area contributed by atoms with Crippen molar-refractivity contribution in [2.24, 2.45) is 0 Å². The number of rotatable bonds is 1. The van der Waals surface area contributed by atoms with Crippen LogP contribution in [0.4, 0.5) is 0 Å². The predicted octanol–water partition coefficient (Wildman–Crippen LogP) is 2.97. The van der Waals surface area contributed by atoms with E-state index in [1.165, 1.54) is 64.5 Å². The lowest BCUT2D eigenvalue weighted by Gasteiger charge is -2.54. The first-order valence-corrected chi connectivity index (χ1v) is 6.29. The lowest BCUT2D eigenvalue weighted by molar-refractivity contribution is 0.0163. The minimum atomic E-state index is 0.649. The molecule has 0 amide bonds. The van der Waals surface area contributed by atoms with Crippen LogP contribution in [0.1, 0.15) is 51.4 Å². The van der Waals surface area contributed by atoms with Crippen molar-refractivity contribution in [3.63, 3.8) is 0 Å². The first-order valence-electron chi connectivity index (χ1n) is 6.29. The molecular formula is C13H21N. The first-order chi connectivity index (χ1) is 6.89.